The van der Waals surface area contributed by atoms with Crippen molar-refractivity contribution in [2.45, 2.75) is 13.5 Å². The summed E-state index contributed by atoms with van der Waals surface area (Å²) in [5.41, 5.74) is 2.69. The van der Waals surface area contributed by atoms with E-state index in [4.69, 9.17) is 0 Å². The number of isocyanates is 1. The van der Waals surface area contributed by atoms with E-state index < -0.39 is 0 Å². The second kappa shape index (κ2) is 3.25. The van der Waals surface area contributed by atoms with E-state index >= 15 is 0 Å². The van der Waals surface area contributed by atoms with Gasteiger partial charge < -0.3 is 0 Å². The molecule has 1 rings (SSSR count). The van der Waals surface area contributed by atoms with Gasteiger partial charge in [-0.05, 0) is 6.92 Å². The van der Waals surface area contributed by atoms with Crippen molar-refractivity contribution in [3.05, 3.63) is 16.1 Å². The molecule has 0 atom stereocenters. The molecule has 10 heavy (non-hydrogen) atoms. The van der Waals surface area contributed by atoms with Gasteiger partial charge in [0.05, 0.1) is 17.7 Å². The van der Waals surface area contributed by atoms with E-state index in [2.05, 4.69) is 9.98 Å². The average Bonchev–Trinajstić information content (AvgIpc) is 2.31. The number of thiazole rings is 1. The van der Waals surface area contributed by atoms with Gasteiger partial charge in [-0.15, -0.1) is 11.3 Å². The van der Waals surface area contributed by atoms with Crippen LogP contribution in [0.1, 0.15) is 10.6 Å². The summed E-state index contributed by atoms with van der Waals surface area (Å²) >= 11 is 1.51. The second-order valence-electron chi connectivity index (χ2n) is 1.77. The number of nitrogens with zero attached hydrogens (tertiary/aromatic N) is 2. The standard InChI is InChI=1S/C6H6N2OS/c1-5-6(2-7-3-9)10-4-8-5/h4H,2H2,1H3. The number of aryl methyl sites for hydroxylation is 1. The second-order valence-corrected chi connectivity index (χ2v) is 2.71. The lowest BCUT2D eigenvalue weighted by atomic mass is 10.4. The topological polar surface area (TPSA) is 42.3 Å². The molecule has 1 aromatic rings. The molecule has 0 aromatic carbocycles. The van der Waals surface area contributed by atoms with Gasteiger partial charge in [-0.3, -0.25) is 0 Å². The van der Waals surface area contributed by atoms with Gasteiger partial charge in [0.2, 0.25) is 6.08 Å². The summed E-state index contributed by atoms with van der Waals surface area (Å²) in [6.45, 7) is 2.31. The van der Waals surface area contributed by atoms with E-state index in [1.807, 2.05) is 6.92 Å². The van der Waals surface area contributed by atoms with Crippen LogP contribution in [0.2, 0.25) is 0 Å². The molecule has 0 aliphatic heterocycles. The maximum Gasteiger partial charge on any atom is 0.235 e. The largest absolute Gasteiger partial charge is 0.250 e. The zero-order valence-corrected chi connectivity index (χ0v) is 6.31. The first kappa shape index (κ1) is 7.12. The number of hydrogen-bond donors (Lipinski definition) is 0. The van der Waals surface area contributed by atoms with Crippen LogP contribution in [-0.2, 0) is 11.3 Å². The number of rotatable bonds is 2. The molecule has 0 amide bonds. The minimum Gasteiger partial charge on any atom is -0.250 e. The van der Waals surface area contributed by atoms with Crippen molar-refractivity contribution in [1.29, 1.82) is 0 Å². The summed E-state index contributed by atoms with van der Waals surface area (Å²) < 4.78 is 0. The van der Waals surface area contributed by atoms with Crippen LogP contribution in [-0.4, -0.2) is 11.1 Å². The molecule has 0 saturated carbocycles. The highest BCUT2D eigenvalue weighted by atomic mass is 32.1. The van der Waals surface area contributed by atoms with Crippen molar-refractivity contribution < 1.29 is 4.79 Å². The summed E-state index contributed by atoms with van der Waals surface area (Å²) in [4.78, 5) is 18.2. The van der Waals surface area contributed by atoms with Crippen LogP contribution in [0, 0.1) is 6.92 Å². The lowest BCUT2D eigenvalue weighted by molar-refractivity contribution is 0.563. The zero-order valence-electron chi connectivity index (χ0n) is 5.50. The van der Waals surface area contributed by atoms with Crippen molar-refractivity contribution in [3.63, 3.8) is 0 Å². The normalized spacial score (nSPS) is 8.90. The number of aliphatic imine (C=N–C) groups is 1. The van der Waals surface area contributed by atoms with Crippen LogP contribution in [0.5, 0.6) is 0 Å². The molecule has 0 spiro atoms. The first-order valence-corrected chi connectivity index (χ1v) is 3.65. The van der Waals surface area contributed by atoms with Gasteiger partial charge in [0.15, 0.2) is 0 Å². The number of aromatic nitrogens is 1. The SMILES string of the molecule is Cc1ncsc1CN=C=O. The predicted molar refractivity (Wildman–Crippen MR) is 38.7 cm³/mol. The number of hydrogen-bond acceptors (Lipinski definition) is 4. The minimum atomic E-state index is 0.417. The van der Waals surface area contributed by atoms with Gasteiger partial charge in [0.25, 0.3) is 0 Å². The van der Waals surface area contributed by atoms with Gasteiger partial charge in [-0.1, -0.05) is 0 Å². The molecule has 0 radical (unpaired) electrons. The molecule has 0 bridgehead atoms. The fraction of sp³-hybridized carbons (Fsp3) is 0.333. The summed E-state index contributed by atoms with van der Waals surface area (Å²) in [6, 6.07) is 0. The first-order chi connectivity index (χ1) is 4.84. The van der Waals surface area contributed by atoms with Crippen LogP contribution in [0.3, 0.4) is 0 Å². The molecule has 0 saturated heterocycles. The molecule has 0 aliphatic carbocycles. The molecule has 1 heterocycles. The Labute approximate surface area is 62.4 Å². The van der Waals surface area contributed by atoms with E-state index in [0.29, 0.717) is 6.54 Å². The lowest BCUT2D eigenvalue weighted by Gasteiger charge is -1.86. The molecule has 0 fully saturated rings. The third-order valence-electron chi connectivity index (χ3n) is 1.13. The van der Waals surface area contributed by atoms with Crippen molar-refractivity contribution in [1.82, 2.24) is 4.98 Å². The Morgan fingerprint density at radius 3 is 3.20 bits per heavy atom. The fourth-order valence-corrected chi connectivity index (χ4v) is 1.28. The molecule has 0 N–H and O–H groups in total. The smallest absolute Gasteiger partial charge is 0.235 e. The van der Waals surface area contributed by atoms with Gasteiger partial charge in [-0.25, -0.2) is 14.8 Å². The molecule has 3 nitrogen and oxygen atoms in total. The van der Waals surface area contributed by atoms with E-state index in [-0.39, 0.29) is 0 Å². The van der Waals surface area contributed by atoms with E-state index in [1.165, 1.54) is 17.4 Å². The summed E-state index contributed by atoms with van der Waals surface area (Å²) in [5, 5.41) is 0. The van der Waals surface area contributed by atoms with Crippen LogP contribution in [0.25, 0.3) is 0 Å². The lowest BCUT2D eigenvalue weighted by Crippen LogP contribution is -1.79. The molecule has 1 aromatic heterocycles. The molecule has 52 valence electrons. The van der Waals surface area contributed by atoms with Crippen LogP contribution < -0.4 is 0 Å². The van der Waals surface area contributed by atoms with Crippen molar-refractivity contribution in [2.75, 3.05) is 0 Å². The Morgan fingerprint density at radius 1 is 1.90 bits per heavy atom. The van der Waals surface area contributed by atoms with Crippen LogP contribution >= 0.6 is 11.3 Å². The quantitative estimate of drug-likeness (QED) is 0.475. The van der Waals surface area contributed by atoms with E-state index in [9.17, 15) is 4.79 Å². The summed E-state index contributed by atoms with van der Waals surface area (Å²) in [7, 11) is 0. The summed E-state index contributed by atoms with van der Waals surface area (Å²) in [5.74, 6) is 0. The Bertz CT molecular complexity index is 262. The monoisotopic (exact) mass is 154 g/mol. The van der Waals surface area contributed by atoms with Gasteiger partial charge in [0.1, 0.15) is 0 Å². The maximum atomic E-state index is 9.70. The zero-order chi connectivity index (χ0) is 7.40. The molecule has 0 unspecified atom stereocenters. The highest BCUT2D eigenvalue weighted by Crippen LogP contribution is 2.12. The highest BCUT2D eigenvalue weighted by molar-refractivity contribution is 7.09. The fourth-order valence-electron chi connectivity index (χ4n) is 0.582. The van der Waals surface area contributed by atoms with Gasteiger partial charge in [0, 0.05) is 4.88 Å². The van der Waals surface area contributed by atoms with Crippen molar-refractivity contribution in [3.8, 4) is 0 Å². The average molecular weight is 154 g/mol. The summed E-state index contributed by atoms with van der Waals surface area (Å²) in [6.07, 6.45) is 1.49. The third kappa shape index (κ3) is 1.50. The molecule has 0 aliphatic rings. The van der Waals surface area contributed by atoms with Crippen molar-refractivity contribution in [2.24, 2.45) is 4.99 Å². The first-order valence-electron chi connectivity index (χ1n) is 2.77. The Hall–Kier alpha value is -0.990. The maximum absolute atomic E-state index is 9.70. The molecular weight excluding hydrogens is 148 g/mol. The van der Waals surface area contributed by atoms with Crippen LogP contribution in [0.4, 0.5) is 0 Å². The van der Waals surface area contributed by atoms with Crippen molar-refractivity contribution >= 4 is 17.4 Å². The number of carbonyl (C=O) groups excluding carboxylic acids is 1. The minimum absolute atomic E-state index is 0.417. The molecular formula is C6H6N2OS. The molecule has 4 heteroatoms. The Morgan fingerprint density at radius 2 is 2.70 bits per heavy atom. The highest BCUT2D eigenvalue weighted by Gasteiger charge is 1.97. The van der Waals surface area contributed by atoms with Crippen LogP contribution in [0.15, 0.2) is 10.5 Å². The van der Waals surface area contributed by atoms with Gasteiger partial charge in [-0.2, -0.15) is 0 Å². The van der Waals surface area contributed by atoms with E-state index in [1.54, 1.807) is 5.51 Å². The van der Waals surface area contributed by atoms with Gasteiger partial charge >= 0.3 is 0 Å². The third-order valence-corrected chi connectivity index (χ3v) is 2.05. The predicted octanol–water partition coefficient (Wildman–Crippen LogP) is 1.29. The van der Waals surface area contributed by atoms with E-state index in [0.717, 1.165) is 10.6 Å². The Kier molecular flexibility index (Phi) is 2.31. The Balaban J connectivity index is 2.74.